The van der Waals surface area contributed by atoms with Crippen molar-refractivity contribution in [3.05, 3.63) is 29.3 Å². The molecule has 1 aliphatic rings. The molecule has 0 bridgehead atoms. The Morgan fingerprint density at radius 2 is 1.80 bits per heavy atom. The molecule has 1 N–H and O–H groups in total. The molecule has 0 saturated carbocycles. The summed E-state index contributed by atoms with van der Waals surface area (Å²) in [6, 6.07) is 1.88. The van der Waals surface area contributed by atoms with E-state index in [1.807, 2.05) is 0 Å². The van der Waals surface area contributed by atoms with Crippen molar-refractivity contribution >= 4 is 0 Å². The number of phenols is 1. The number of alkyl halides is 3. The van der Waals surface area contributed by atoms with Gasteiger partial charge in [-0.15, -0.1) is 0 Å². The summed E-state index contributed by atoms with van der Waals surface area (Å²) >= 11 is 0. The molecule has 1 aromatic carbocycles. The van der Waals surface area contributed by atoms with Crippen LogP contribution in [0.4, 0.5) is 22.0 Å². The molecule has 0 spiro atoms. The second-order valence-electron chi connectivity index (χ2n) is 5.02. The van der Waals surface area contributed by atoms with Crippen LogP contribution in [0.5, 0.6) is 5.75 Å². The summed E-state index contributed by atoms with van der Waals surface area (Å²) in [4.78, 5) is 1.52. The smallest absolute Gasteiger partial charge is 0.393 e. The van der Waals surface area contributed by atoms with Crippen LogP contribution < -0.4 is 0 Å². The fourth-order valence-corrected chi connectivity index (χ4v) is 2.43. The molecule has 112 valence electrons. The van der Waals surface area contributed by atoms with Crippen LogP contribution in [-0.4, -0.2) is 29.3 Å². The zero-order valence-electron chi connectivity index (χ0n) is 10.6. The van der Waals surface area contributed by atoms with Gasteiger partial charge in [-0.25, -0.2) is 8.78 Å². The Morgan fingerprint density at radius 1 is 1.20 bits per heavy atom. The summed E-state index contributed by atoms with van der Waals surface area (Å²) in [5.74, 6) is -4.68. The molecule has 1 saturated heterocycles. The van der Waals surface area contributed by atoms with E-state index in [0.717, 1.165) is 12.1 Å². The molecule has 1 unspecified atom stereocenters. The van der Waals surface area contributed by atoms with Crippen molar-refractivity contribution in [1.82, 2.24) is 4.90 Å². The van der Waals surface area contributed by atoms with Crippen LogP contribution in [0.15, 0.2) is 12.1 Å². The van der Waals surface area contributed by atoms with Crippen LogP contribution in [0.3, 0.4) is 0 Å². The van der Waals surface area contributed by atoms with Gasteiger partial charge in [-0.3, -0.25) is 4.90 Å². The van der Waals surface area contributed by atoms with E-state index >= 15 is 0 Å². The number of benzene rings is 1. The third-order valence-electron chi connectivity index (χ3n) is 3.45. The van der Waals surface area contributed by atoms with E-state index in [0.29, 0.717) is 13.0 Å². The van der Waals surface area contributed by atoms with Gasteiger partial charge in [-0.05, 0) is 37.1 Å². The first kappa shape index (κ1) is 15.0. The average Bonchev–Trinajstić information content (AvgIpc) is 2.35. The van der Waals surface area contributed by atoms with Crippen LogP contribution in [0.2, 0.25) is 0 Å². The van der Waals surface area contributed by atoms with Crippen molar-refractivity contribution in [2.45, 2.75) is 25.6 Å². The first-order valence-corrected chi connectivity index (χ1v) is 6.23. The van der Waals surface area contributed by atoms with E-state index in [1.54, 1.807) is 0 Å². The van der Waals surface area contributed by atoms with Gasteiger partial charge in [0.1, 0.15) is 0 Å². The largest absolute Gasteiger partial charge is 0.503 e. The Hall–Kier alpha value is -1.37. The van der Waals surface area contributed by atoms with Gasteiger partial charge >= 0.3 is 6.18 Å². The van der Waals surface area contributed by atoms with Gasteiger partial charge in [0.2, 0.25) is 0 Å². The minimum Gasteiger partial charge on any atom is -0.503 e. The highest BCUT2D eigenvalue weighted by molar-refractivity contribution is 5.30. The molecular formula is C13H14F5NO. The molecule has 1 atom stereocenters. The molecule has 20 heavy (non-hydrogen) atoms. The van der Waals surface area contributed by atoms with E-state index in [-0.39, 0.29) is 25.1 Å². The van der Waals surface area contributed by atoms with E-state index in [1.165, 1.54) is 4.90 Å². The van der Waals surface area contributed by atoms with Crippen LogP contribution in [-0.2, 0) is 6.54 Å². The maximum absolute atomic E-state index is 13.2. The Kier molecular flexibility index (Phi) is 4.17. The third-order valence-corrected chi connectivity index (χ3v) is 3.45. The Bertz CT molecular complexity index is 465. The maximum atomic E-state index is 13.2. The molecule has 1 aliphatic heterocycles. The zero-order chi connectivity index (χ0) is 14.9. The standard InChI is InChI=1S/C13H14F5NO/c14-10-4-8(5-11(15)12(10)20)6-19-3-1-2-9(7-19)13(16,17)18/h4-5,9,20H,1-3,6-7H2. The number of hydrogen-bond acceptors (Lipinski definition) is 2. The van der Waals surface area contributed by atoms with Gasteiger partial charge in [0.05, 0.1) is 5.92 Å². The van der Waals surface area contributed by atoms with Gasteiger partial charge < -0.3 is 5.11 Å². The number of hydrogen-bond donors (Lipinski definition) is 1. The van der Waals surface area contributed by atoms with E-state index < -0.39 is 29.5 Å². The minimum atomic E-state index is -4.25. The molecule has 0 amide bonds. The van der Waals surface area contributed by atoms with E-state index in [9.17, 15) is 22.0 Å². The lowest BCUT2D eigenvalue weighted by Gasteiger charge is -2.33. The molecule has 0 aromatic heterocycles. The SMILES string of the molecule is Oc1c(F)cc(CN2CCCC(C(F)(F)F)C2)cc1F. The lowest BCUT2D eigenvalue weighted by molar-refractivity contribution is -0.187. The molecule has 2 nitrogen and oxygen atoms in total. The van der Waals surface area contributed by atoms with Crippen molar-refractivity contribution in [3.63, 3.8) is 0 Å². The number of piperidine rings is 1. The molecule has 0 aliphatic carbocycles. The van der Waals surface area contributed by atoms with Crippen LogP contribution in [0.25, 0.3) is 0 Å². The Morgan fingerprint density at radius 3 is 2.35 bits per heavy atom. The number of likely N-dealkylation sites (tertiary alicyclic amines) is 1. The summed E-state index contributed by atoms with van der Waals surface area (Å²) in [6.45, 7) is 0.311. The number of rotatable bonds is 2. The zero-order valence-corrected chi connectivity index (χ0v) is 10.6. The van der Waals surface area contributed by atoms with Gasteiger partial charge in [-0.2, -0.15) is 13.2 Å². The number of phenolic OH excluding ortho intramolecular Hbond substituents is 1. The van der Waals surface area contributed by atoms with Gasteiger partial charge in [0, 0.05) is 13.1 Å². The number of aromatic hydroxyl groups is 1. The average molecular weight is 295 g/mol. The highest BCUT2D eigenvalue weighted by atomic mass is 19.4. The third kappa shape index (κ3) is 3.39. The van der Waals surface area contributed by atoms with Crippen LogP contribution in [0.1, 0.15) is 18.4 Å². The molecule has 1 aromatic rings. The van der Waals surface area contributed by atoms with Crippen molar-refractivity contribution in [2.24, 2.45) is 5.92 Å². The molecule has 1 heterocycles. The predicted octanol–water partition coefficient (Wildman–Crippen LogP) is 3.44. The van der Waals surface area contributed by atoms with Crippen molar-refractivity contribution < 1.29 is 27.1 Å². The fraction of sp³-hybridized carbons (Fsp3) is 0.538. The summed E-state index contributed by atoms with van der Waals surface area (Å²) in [7, 11) is 0. The van der Waals surface area contributed by atoms with Crippen LogP contribution in [0, 0.1) is 17.6 Å². The fourth-order valence-electron chi connectivity index (χ4n) is 2.43. The Labute approximate surface area is 112 Å². The second-order valence-corrected chi connectivity index (χ2v) is 5.02. The normalized spacial score (nSPS) is 21.1. The monoisotopic (exact) mass is 295 g/mol. The van der Waals surface area contributed by atoms with Crippen molar-refractivity contribution in [2.75, 3.05) is 13.1 Å². The second kappa shape index (κ2) is 5.55. The van der Waals surface area contributed by atoms with E-state index in [2.05, 4.69) is 0 Å². The Balaban J connectivity index is 2.07. The summed E-state index contributed by atoms with van der Waals surface area (Å²) in [6.07, 6.45) is -3.77. The first-order valence-electron chi connectivity index (χ1n) is 6.23. The lowest BCUT2D eigenvalue weighted by Crippen LogP contribution is -2.41. The quantitative estimate of drug-likeness (QED) is 0.845. The van der Waals surface area contributed by atoms with Gasteiger partial charge in [0.15, 0.2) is 17.4 Å². The topological polar surface area (TPSA) is 23.5 Å². The van der Waals surface area contributed by atoms with Crippen molar-refractivity contribution in [3.8, 4) is 5.75 Å². The predicted molar refractivity (Wildman–Crippen MR) is 62.1 cm³/mol. The molecular weight excluding hydrogens is 281 g/mol. The van der Waals surface area contributed by atoms with Gasteiger partial charge in [-0.1, -0.05) is 0 Å². The molecule has 0 radical (unpaired) electrons. The molecule has 2 rings (SSSR count). The summed E-state index contributed by atoms with van der Waals surface area (Å²) in [5, 5.41) is 8.97. The highest BCUT2D eigenvalue weighted by Crippen LogP contribution is 2.33. The van der Waals surface area contributed by atoms with Gasteiger partial charge in [0.25, 0.3) is 0 Å². The number of nitrogens with zero attached hydrogens (tertiary/aromatic N) is 1. The molecule has 7 heteroatoms. The van der Waals surface area contributed by atoms with E-state index in [4.69, 9.17) is 5.11 Å². The maximum Gasteiger partial charge on any atom is 0.393 e. The van der Waals surface area contributed by atoms with Crippen LogP contribution >= 0.6 is 0 Å². The number of halogens is 5. The first-order chi connectivity index (χ1) is 9.27. The highest BCUT2D eigenvalue weighted by Gasteiger charge is 2.41. The summed E-state index contributed by atoms with van der Waals surface area (Å²) < 4.78 is 64.3. The van der Waals surface area contributed by atoms with Crippen molar-refractivity contribution in [1.29, 1.82) is 0 Å². The minimum absolute atomic E-state index is 0.0285. The summed E-state index contributed by atoms with van der Waals surface area (Å²) in [5.41, 5.74) is 0.209. The molecule has 1 fully saturated rings. The lowest BCUT2D eigenvalue weighted by atomic mass is 9.97.